The molecule has 1 heterocycles. The summed E-state index contributed by atoms with van der Waals surface area (Å²) in [6, 6.07) is 12.9. The van der Waals surface area contributed by atoms with Gasteiger partial charge in [0, 0.05) is 19.8 Å². The van der Waals surface area contributed by atoms with Crippen molar-refractivity contribution < 1.29 is 28.8 Å². The van der Waals surface area contributed by atoms with Crippen LogP contribution in [0, 0.1) is 11.5 Å². The quantitative estimate of drug-likeness (QED) is 0.156. The van der Waals surface area contributed by atoms with Gasteiger partial charge in [-0.1, -0.05) is 30.3 Å². The molecule has 3 atom stereocenters. The molecule has 34 heavy (non-hydrogen) atoms. The van der Waals surface area contributed by atoms with Crippen LogP contribution in [0.1, 0.15) is 34.5 Å². The average molecular weight is 469 g/mol. The van der Waals surface area contributed by atoms with Gasteiger partial charge < -0.3 is 29.8 Å². The van der Waals surface area contributed by atoms with Gasteiger partial charge in [-0.3, -0.25) is 0 Å². The van der Waals surface area contributed by atoms with Crippen LogP contribution in [0.25, 0.3) is 0 Å². The van der Waals surface area contributed by atoms with Crippen molar-refractivity contribution in [2.45, 2.75) is 37.5 Å². The molecule has 0 bridgehead atoms. The molecule has 0 aromatic heterocycles. The van der Waals surface area contributed by atoms with E-state index in [1.54, 1.807) is 13.0 Å². The number of rotatable bonds is 7. The number of nitrogens with zero attached hydrogens (tertiary/aromatic N) is 3. The molecule has 0 saturated heterocycles. The predicted molar refractivity (Wildman–Crippen MR) is 123 cm³/mol. The molecule has 10 heteroatoms. The van der Waals surface area contributed by atoms with E-state index in [-0.39, 0.29) is 18.1 Å². The van der Waals surface area contributed by atoms with Crippen molar-refractivity contribution in [2.75, 3.05) is 21.3 Å². The number of hydrogen-bond acceptors (Lipinski definition) is 8. The number of aliphatic imine (C=N–C) groups is 1. The fourth-order valence-corrected chi connectivity index (χ4v) is 4.02. The van der Waals surface area contributed by atoms with Crippen LogP contribution in [0.15, 0.2) is 53.5 Å². The number of aliphatic hydroxyl groups excluding tert-OH is 1. The first kappa shape index (κ1) is 25.0. The number of carbonyl (C=O) groups is 1. The summed E-state index contributed by atoms with van der Waals surface area (Å²) in [6.45, 7) is 1.83. The van der Waals surface area contributed by atoms with Gasteiger partial charge in [0.05, 0.1) is 19.2 Å². The minimum atomic E-state index is -1.43. The van der Waals surface area contributed by atoms with Gasteiger partial charge in [-0.25, -0.2) is 14.7 Å². The van der Waals surface area contributed by atoms with Crippen molar-refractivity contribution in [3.05, 3.63) is 65.2 Å². The second-order valence-corrected chi connectivity index (χ2v) is 7.85. The van der Waals surface area contributed by atoms with Gasteiger partial charge in [0.1, 0.15) is 17.9 Å². The number of methoxy groups -OCH3 is 3. The summed E-state index contributed by atoms with van der Waals surface area (Å²) >= 11 is 0. The molecular weight excluding hydrogens is 440 g/mol. The standard InChI is InChI=1S/C24H28N4O6/c1-24(22(32-3)33-4)20(29)19(17-12-16(21(30)31-2)10-11-18(17)34-24)28(14-25)23(26)27-13-15-8-6-5-7-9-15/h5-12,19-20,22,29H,13H2,1-4H3,(H2,26,27). The van der Waals surface area contributed by atoms with E-state index in [9.17, 15) is 15.2 Å². The molecule has 3 rings (SSSR count). The van der Waals surface area contributed by atoms with Crippen LogP contribution in [0.2, 0.25) is 0 Å². The number of esters is 1. The van der Waals surface area contributed by atoms with Gasteiger partial charge in [-0.15, -0.1) is 0 Å². The third-order valence-corrected chi connectivity index (χ3v) is 5.76. The smallest absolute Gasteiger partial charge is 0.337 e. The molecule has 0 spiro atoms. The summed E-state index contributed by atoms with van der Waals surface area (Å²) in [7, 11) is 4.09. The zero-order chi connectivity index (χ0) is 24.9. The van der Waals surface area contributed by atoms with E-state index >= 15 is 0 Å². The van der Waals surface area contributed by atoms with E-state index in [1.165, 1.54) is 33.5 Å². The van der Waals surface area contributed by atoms with E-state index in [0.717, 1.165) is 10.5 Å². The number of guanidine groups is 1. The maximum Gasteiger partial charge on any atom is 0.337 e. The van der Waals surface area contributed by atoms with E-state index in [0.29, 0.717) is 11.3 Å². The molecule has 0 saturated carbocycles. The van der Waals surface area contributed by atoms with Crippen LogP contribution in [-0.4, -0.2) is 61.3 Å². The highest BCUT2D eigenvalue weighted by molar-refractivity contribution is 5.90. The third kappa shape index (κ3) is 4.68. The Hall–Kier alpha value is -3.65. The molecule has 1 aliphatic rings. The molecule has 1 aliphatic heterocycles. The highest BCUT2D eigenvalue weighted by atomic mass is 16.7. The van der Waals surface area contributed by atoms with Crippen molar-refractivity contribution >= 4 is 11.9 Å². The molecule has 2 aromatic carbocycles. The van der Waals surface area contributed by atoms with Crippen molar-refractivity contribution in [1.82, 2.24) is 4.90 Å². The second kappa shape index (κ2) is 10.5. The largest absolute Gasteiger partial charge is 0.479 e. The summed E-state index contributed by atoms with van der Waals surface area (Å²) in [4.78, 5) is 17.6. The van der Waals surface area contributed by atoms with E-state index < -0.39 is 30.0 Å². The highest BCUT2D eigenvalue weighted by Gasteiger charge is 2.54. The summed E-state index contributed by atoms with van der Waals surface area (Å²) in [6.07, 6.45) is -0.338. The number of benzene rings is 2. The number of hydrogen-bond donors (Lipinski definition) is 2. The lowest BCUT2D eigenvalue weighted by molar-refractivity contribution is -0.241. The van der Waals surface area contributed by atoms with E-state index in [4.69, 9.17) is 24.7 Å². The number of nitriles is 1. The summed E-state index contributed by atoms with van der Waals surface area (Å²) in [5, 5.41) is 21.5. The van der Waals surface area contributed by atoms with Gasteiger partial charge in [0.2, 0.25) is 5.96 Å². The lowest BCUT2D eigenvalue weighted by atomic mass is 9.83. The van der Waals surface area contributed by atoms with Crippen LogP contribution in [0.5, 0.6) is 5.75 Å². The Labute approximate surface area is 198 Å². The maximum atomic E-state index is 12.2. The maximum absolute atomic E-state index is 12.2. The Morgan fingerprint density at radius 1 is 1.26 bits per heavy atom. The van der Waals surface area contributed by atoms with Crippen LogP contribution < -0.4 is 10.5 Å². The minimum absolute atomic E-state index is 0.111. The van der Waals surface area contributed by atoms with Gasteiger partial charge in [-0.05, 0) is 30.7 Å². The van der Waals surface area contributed by atoms with Gasteiger partial charge in [-0.2, -0.15) is 5.26 Å². The SMILES string of the molecule is COC(=O)c1ccc2c(c1)C(N(C#N)C(N)=NCc1ccccc1)C(O)C(C)(C(OC)OC)O2. The molecule has 2 aromatic rings. The van der Waals surface area contributed by atoms with Crippen molar-refractivity contribution in [2.24, 2.45) is 10.7 Å². The van der Waals surface area contributed by atoms with Crippen LogP contribution in [-0.2, 0) is 20.8 Å². The Morgan fingerprint density at radius 2 is 1.94 bits per heavy atom. The van der Waals surface area contributed by atoms with Crippen LogP contribution in [0.3, 0.4) is 0 Å². The predicted octanol–water partition coefficient (Wildman–Crippen LogP) is 1.94. The highest BCUT2D eigenvalue weighted by Crippen LogP contribution is 2.45. The van der Waals surface area contributed by atoms with Crippen molar-refractivity contribution in [1.29, 1.82) is 5.26 Å². The first-order valence-electron chi connectivity index (χ1n) is 10.5. The Morgan fingerprint density at radius 3 is 2.53 bits per heavy atom. The lowest BCUT2D eigenvalue weighted by Crippen LogP contribution is -2.62. The Balaban J connectivity index is 2.10. The molecule has 0 radical (unpaired) electrons. The zero-order valence-electron chi connectivity index (χ0n) is 19.5. The second-order valence-electron chi connectivity index (χ2n) is 7.85. The average Bonchev–Trinajstić information content (AvgIpc) is 2.86. The molecule has 0 aliphatic carbocycles. The number of carbonyl (C=O) groups excluding carboxylic acids is 1. The fraction of sp³-hybridized carbons (Fsp3) is 0.375. The number of nitrogens with two attached hydrogens (primary N) is 1. The Bertz CT molecular complexity index is 1080. The first-order chi connectivity index (χ1) is 16.3. The number of fused-ring (bicyclic) bond motifs is 1. The van der Waals surface area contributed by atoms with Crippen molar-refractivity contribution in [3.63, 3.8) is 0 Å². The summed E-state index contributed by atoms with van der Waals surface area (Å²) in [5.74, 6) is -0.369. The molecule has 0 fully saturated rings. The fourth-order valence-electron chi connectivity index (χ4n) is 4.02. The van der Waals surface area contributed by atoms with Gasteiger partial charge >= 0.3 is 5.97 Å². The minimum Gasteiger partial charge on any atom is -0.479 e. The third-order valence-electron chi connectivity index (χ3n) is 5.76. The summed E-state index contributed by atoms with van der Waals surface area (Å²) < 4.78 is 21.7. The molecule has 0 amide bonds. The zero-order valence-corrected chi connectivity index (χ0v) is 19.5. The molecular formula is C24H28N4O6. The lowest BCUT2D eigenvalue weighted by Gasteiger charge is -2.48. The molecule has 3 unspecified atom stereocenters. The molecule has 3 N–H and O–H groups in total. The van der Waals surface area contributed by atoms with Gasteiger partial charge in [0.15, 0.2) is 18.1 Å². The van der Waals surface area contributed by atoms with E-state index in [1.807, 2.05) is 36.5 Å². The van der Waals surface area contributed by atoms with Crippen LogP contribution >= 0.6 is 0 Å². The van der Waals surface area contributed by atoms with Crippen molar-refractivity contribution in [3.8, 4) is 11.9 Å². The number of ether oxygens (including phenoxy) is 4. The van der Waals surface area contributed by atoms with E-state index in [2.05, 4.69) is 4.99 Å². The molecule has 10 nitrogen and oxygen atoms in total. The normalized spacial score (nSPS) is 21.9. The topological polar surface area (TPSA) is 140 Å². The molecule has 180 valence electrons. The Kier molecular flexibility index (Phi) is 7.73. The number of aliphatic hydroxyl groups is 1. The first-order valence-corrected chi connectivity index (χ1v) is 10.5. The summed E-state index contributed by atoms with van der Waals surface area (Å²) in [5.41, 5.74) is 6.28. The monoisotopic (exact) mass is 468 g/mol. The van der Waals surface area contributed by atoms with Crippen LogP contribution in [0.4, 0.5) is 0 Å². The van der Waals surface area contributed by atoms with Gasteiger partial charge in [0.25, 0.3) is 0 Å².